The number of hydrogen-bond acceptors (Lipinski definition) is 6. The smallest absolute Gasteiger partial charge is 0.377 e. The SMILES string of the molecule is CCc1ncnc(C2=CCOCC2)[nH]n(CC(=O)Nc2ccc(C(F)(F)F)cc2Cl)c(=O)c1N1CCCC1. The molecule has 0 aliphatic carbocycles. The van der Waals surface area contributed by atoms with Crippen molar-refractivity contribution in [3.8, 4) is 0 Å². The summed E-state index contributed by atoms with van der Waals surface area (Å²) in [6.07, 6.45) is 1.52. The highest BCUT2D eigenvalue weighted by Gasteiger charge is 2.31. The molecule has 1 aromatic heterocycles. The Morgan fingerprint density at radius 2 is 2.00 bits per heavy atom. The van der Waals surface area contributed by atoms with Gasteiger partial charge in [0.25, 0.3) is 5.56 Å². The third kappa shape index (κ3) is 6.54. The van der Waals surface area contributed by atoms with Crippen molar-refractivity contribution in [2.45, 2.75) is 45.3 Å². The number of carbonyl (C=O) groups excluding carboxylic acids is 1. The molecule has 1 fully saturated rings. The van der Waals surface area contributed by atoms with Crippen molar-refractivity contribution in [2.24, 2.45) is 0 Å². The third-order valence-corrected chi connectivity index (χ3v) is 6.57. The molecule has 0 atom stereocenters. The molecule has 13 heteroatoms. The number of amides is 1. The first kappa shape index (κ1) is 27.6. The van der Waals surface area contributed by atoms with Crippen molar-refractivity contribution in [3.63, 3.8) is 0 Å². The average molecular weight is 553 g/mol. The molecule has 2 N–H and O–H groups in total. The zero-order valence-electron chi connectivity index (χ0n) is 20.8. The lowest BCUT2D eigenvalue weighted by Gasteiger charge is -2.19. The van der Waals surface area contributed by atoms with E-state index in [1.54, 1.807) is 0 Å². The summed E-state index contributed by atoms with van der Waals surface area (Å²) in [5.41, 5.74) is 0.323. The van der Waals surface area contributed by atoms with Gasteiger partial charge in [-0.25, -0.2) is 14.6 Å². The zero-order valence-corrected chi connectivity index (χ0v) is 21.5. The summed E-state index contributed by atoms with van der Waals surface area (Å²) in [7, 11) is 0. The van der Waals surface area contributed by atoms with E-state index in [9.17, 15) is 22.8 Å². The number of ether oxygens (including phenoxy) is 1. The lowest BCUT2D eigenvalue weighted by molar-refractivity contribution is -0.137. The first-order chi connectivity index (χ1) is 18.2. The molecular formula is C25H28ClF3N6O3. The largest absolute Gasteiger partial charge is 0.416 e. The fraction of sp³-hybridized carbons (Fsp3) is 0.440. The summed E-state index contributed by atoms with van der Waals surface area (Å²) in [5, 5.41) is 5.22. The number of aromatic nitrogens is 4. The van der Waals surface area contributed by atoms with Crippen LogP contribution < -0.4 is 15.8 Å². The summed E-state index contributed by atoms with van der Waals surface area (Å²) in [6, 6.07) is 2.64. The van der Waals surface area contributed by atoms with Crippen LogP contribution in [0.25, 0.3) is 5.57 Å². The van der Waals surface area contributed by atoms with Crippen molar-refractivity contribution in [3.05, 3.63) is 63.1 Å². The van der Waals surface area contributed by atoms with Crippen LogP contribution in [0.1, 0.15) is 43.3 Å². The third-order valence-electron chi connectivity index (χ3n) is 6.26. The monoisotopic (exact) mass is 552 g/mol. The van der Waals surface area contributed by atoms with Gasteiger partial charge in [0.05, 0.1) is 35.2 Å². The molecule has 2 aliphatic rings. The van der Waals surface area contributed by atoms with E-state index in [0.29, 0.717) is 56.4 Å². The van der Waals surface area contributed by atoms with Gasteiger partial charge in [-0.05, 0) is 49.5 Å². The second-order valence-electron chi connectivity index (χ2n) is 8.86. The van der Waals surface area contributed by atoms with Crippen LogP contribution in [0.2, 0.25) is 5.02 Å². The van der Waals surface area contributed by atoms with Gasteiger partial charge in [-0.1, -0.05) is 24.6 Å². The van der Waals surface area contributed by atoms with Crippen LogP contribution in [0.15, 0.2) is 35.4 Å². The summed E-state index contributed by atoms with van der Waals surface area (Å²) in [6.45, 7) is 3.63. The highest BCUT2D eigenvalue weighted by molar-refractivity contribution is 6.33. The molecule has 9 nitrogen and oxygen atoms in total. The number of benzene rings is 1. The average Bonchev–Trinajstić information content (AvgIpc) is 3.43. The molecule has 1 amide bonds. The van der Waals surface area contributed by atoms with Gasteiger partial charge in [0.1, 0.15) is 24.4 Å². The Hall–Kier alpha value is -3.38. The number of aryl methyl sites for hydroxylation is 1. The van der Waals surface area contributed by atoms with E-state index in [-0.39, 0.29) is 10.7 Å². The molecule has 0 bridgehead atoms. The molecule has 0 saturated carbocycles. The summed E-state index contributed by atoms with van der Waals surface area (Å²) >= 11 is 6.01. The number of anilines is 2. The standard InChI is InChI=1S/C25H28ClF3N6O3/c1-2-19-22(34-9-3-4-10-34)24(37)35(33-23(31-15-30-19)16-7-11-38-12-8-16)14-21(36)32-20-6-5-17(13-18(20)26)25(27,28)29/h5-7,13,15H,2-4,8-12,14H2,1H3,(H,32,36)(H,30,31,33). The Bertz CT molecular complexity index is 1330. The van der Waals surface area contributed by atoms with Gasteiger partial charge < -0.3 is 15.0 Å². The maximum absolute atomic E-state index is 13.9. The highest BCUT2D eigenvalue weighted by Crippen LogP contribution is 2.33. The molecule has 4 rings (SSSR count). The maximum Gasteiger partial charge on any atom is 0.416 e. The normalized spacial score (nSPS) is 15.7. The Morgan fingerprint density at radius 1 is 1.24 bits per heavy atom. The highest BCUT2D eigenvalue weighted by atomic mass is 35.5. The molecule has 0 unspecified atom stereocenters. The van der Waals surface area contributed by atoms with Crippen molar-refractivity contribution >= 4 is 34.5 Å². The number of hydrogen-bond donors (Lipinski definition) is 2. The predicted molar refractivity (Wildman–Crippen MR) is 138 cm³/mol. The van der Waals surface area contributed by atoms with E-state index in [1.807, 2.05) is 17.9 Å². The van der Waals surface area contributed by atoms with Crippen molar-refractivity contribution < 1.29 is 22.7 Å². The number of rotatable bonds is 6. The van der Waals surface area contributed by atoms with Crippen molar-refractivity contribution in [1.82, 2.24) is 19.7 Å². The number of halogens is 4. The molecule has 1 aromatic carbocycles. The summed E-state index contributed by atoms with van der Waals surface area (Å²) in [5.74, 6) is -0.310. The number of aromatic amines is 1. The first-order valence-corrected chi connectivity index (χ1v) is 12.7. The molecule has 2 aromatic rings. The second kappa shape index (κ2) is 12.0. The fourth-order valence-electron chi connectivity index (χ4n) is 4.33. The van der Waals surface area contributed by atoms with Crippen LogP contribution in [0, 0.1) is 0 Å². The summed E-state index contributed by atoms with van der Waals surface area (Å²) < 4.78 is 45.5. The molecule has 2 aliphatic heterocycles. The van der Waals surface area contributed by atoms with Gasteiger partial charge in [0.15, 0.2) is 0 Å². The van der Waals surface area contributed by atoms with Crippen LogP contribution >= 0.6 is 11.6 Å². The van der Waals surface area contributed by atoms with Gasteiger partial charge in [-0.3, -0.25) is 14.7 Å². The molecule has 204 valence electrons. The number of nitrogens with zero attached hydrogens (tertiary/aromatic N) is 4. The van der Waals surface area contributed by atoms with Crippen LogP contribution in [-0.4, -0.2) is 52.0 Å². The van der Waals surface area contributed by atoms with Crippen LogP contribution in [0.4, 0.5) is 24.5 Å². The molecule has 38 heavy (non-hydrogen) atoms. The topological polar surface area (TPSA) is 105 Å². The van der Waals surface area contributed by atoms with E-state index in [0.717, 1.165) is 41.3 Å². The number of nitrogens with one attached hydrogen (secondary N) is 2. The van der Waals surface area contributed by atoms with Gasteiger partial charge in [0, 0.05) is 13.1 Å². The minimum atomic E-state index is -4.57. The van der Waals surface area contributed by atoms with Crippen LogP contribution in [-0.2, 0) is 28.7 Å². The lowest BCUT2D eigenvalue weighted by Crippen LogP contribution is -2.34. The summed E-state index contributed by atoms with van der Waals surface area (Å²) in [4.78, 5) is 37.8. The molecule has 1 saturated heterocycles. The molecule has 0 spiro atoms. The predicted octanol–water partition coefficient (Wildman–Crippen LogP) is 4.37. The fourth-order valence-corrected chi connectivity index (χ4v) is 4.56. The Kier molecular flexibility index (Phi) is 8.72. The molecular weight excluding hydrogens is 525 g/mol. The second-order valence-corrected chi connectivity index (χ2v) is 9.27. The van der Waals surface area contributed by atoms with E-state index in [2.05, 4.69) is 20.4 Å². The van der Waals surface area contributed by atoms with Crippen molar-refractivity contribution in [2.75, 3.05) is 36.5 Å². The van der Waals surface area contributed by atoms with E-state index in [1.165, 1.54) is 6.33 Å². The Labute approximate surface area is 222 Å². The quantitative estimate of drug-likeness (QED) is 0.551. The van der Waals surface area contributed by atoms with Gasteiger partial charge in [-0.2, -0.15) is 13.2 Å². The minimum absolute atomic E-state index is 0.00435. The van der Waals surface area contributed by atoms with Crippen LogP contribution in [0.5, 0.6) is 0 Å². The van der Waals surface area contributed by atoms with Crippen LogP contribution in [0.3, 0.4) is 0 Å². The number of H-pyrrole nitrogens is 1. The first-order valence-electron chi connectivity index (χ1n) is 12.3. The Balaban J connectivity index is 1.77. The van der Waals surface area contributed by atoms with E-state index >= 15 is 0 Å². The van der Waals surface area contributed by atoms with E-state index < -0.39 is 29.8 Å². The molecule has 3 heterocycles. The van der Waals surface area contributed by atoms with Gasteiger partial charge in [-0.15, -0.1) is 0 Å². The van der Waals surface area contributed by atoms with Gasteiger partial charge >= 0.3 is 6.18 Å². The van der Waals surface area contributed by atoms with Gasteiger partial charge in [0.2, 0.25) is 5.91 Å². The Morgan fingerprint density at radius 3 is 2.63 bits per heavy atom. The van der Waals surface area contributed by atoms with E-state index in [4.69, 9.17) is 16.3 Å². The number of alkyl halides is 3. The number of carbonyl (C=O) groups is 1. The maximum atomic E-state index is 13.9. The zero-order chi connectivity index (χ0) is 27.3. The minimum Gasteiger partial charge on any atom is -0.377 e. The van der Waals surface area contributed by atoms with Crippen molar-refractivity contribution in [1.29, 1.82) is 0 Å². The lowest BCUT2D eigenvalue weighted by atomic mass is 10.1. The molecule has 0 radical (unpaired) electrons.